The molecule has 0 saturated heterocycles. The number of nitro groups is 1. The van der Waals surface area contributed by atoms with Gasteiger partial charge in [-0.25, -0.2) is 5.43 Å². The van der Waals surface area contributed by atoms with Crippen LogP contribution in [0.25, 0.3) is 5.69 Å². The average Bonchev–Trinajstić information content (AvgIpc) is 3.62. The van der Waals surface area contributed by atoms with Crippen molar-refractivity contribution in [2.45, 2.75) is 27.1 Å². The van der Waals surface area contributed by atoms with Crippen LogP contribution in [-0.4, -0.2) is 21.6 Å². The van der Waals surface area contributed by atoms with E-state index in [0.29, 0.717) is 22.8 Å². The van der Waals surface area contributed by atoms with Gasteiger partial charge in [-0.15, -0.1) is 0 Å². The molecule has 10 nitrogen and oxygen atoms in total. The van der Waals surface area contributed by atoms with Crippen molar-refractivity contribution in [3.63, 3.8) is 0 Å². The summed E-state index contributed by atoms with van der Waals surface area (Å²) in [5, 5.41) is 15.2. The molecule has 3 aromatic carbocycles. The predicted octanol–water partition coefficient (Wildman–Crippen LogP) is 6.52. The normalized spacial score (nSPS) is 11.0. The first-order chi connectivity index (χ1) is 20.4. The van der Waals surface area contributed by atoms with E-state index in [1.54, 1.807) is 6.07 Å². The molecule has 212 valence electrons. The minimum atomic E-state index is -0.587. The third-order valence-corrected chi connectivity index (χ3v) is 6.44. The first-order valence-corrected chi connectivity index (χ1v) is 13.1. The minimum absolute atomic E-state index is 0.0410. The topological polar surface area (TPSA) is 121 Å². The van der Waals surface area contributed by atoms with Gasteiger partial charge < -0.3 is 18.5 Å². The van der Waals surface area contributed by atoms with Crippen molar-refractivity contribution < 1.29 is 23.6 Å². The molecular formula is C32H28N4O6. The molecule has 2 heterocycles. The van der Waals surface area contributed by atoms with Crippen molar-refractivity contribution >= 4 is 17.8 Å². The Kier molecular flexibility index (Phi) is 8.43. The lowest BCUT2D eigenvalue weighted by Gasteiger charge is -2.10. The molecule has 10 heteroatoms. The van der Waals surface area contributed by atoms with Gasteiger partial charge in [0.15, 0.2) is 5.76 Å². The molecule has 0 radical (unpaired) electrons. The highest BCUT2D eigenvalue weighted by Gasteiger charge is 2.13. The number of nitrogens with zero attached hydrogens (tertiary/aromatic N) is 3. The highest BCUT2D eigenvalue weighted by atomic mass is 16.6. The third-order valence-electron chi connectivity index (χ3n) is 6.44. The molecule has 5 aromatic rings. The summed E-state index contributed by atoms with van der Waals surface area (Å²) in [6.45, 7) is 4.51. The number of furan rings is 1. The zero-order chi connectivity index (χ0) is 29.5. The Bertz CT molecular complexity index is 1700. The van der Waals surface area contributed by atoms with Gasteiger partial charge in [-0.1, -0.05) is 30.3 Å². The van der Waals surface area contributed by atoms with Gasteiger partial charge in [0.05, 0.1) is 11.1 Å². The Hall–Kier alpha value is -5.64. The number of carbonyl (C=O) groups is 1. The fourth-order valence-electron chi connectivity index (χ4n) is 4.33. The molecule has 5 rings (SSSR count). The van der Waals surface area contributed by atoms with Gasteiger partial charge in [0.2, 0.25) is 0 Å². The molecule has 0 aliphatic carbocycles. The van der Waals surface area contributed by atoms with Gasteiger partial charge in [-0.3, -0.25) is 14.9 Å². The number of aryl methyl sites for hydroxylation is 2. The summed E-state index contributed by atoms with van der Waals surface area (Å²) in [7, 11) is 0. The lowest BCUT2D eigenvalue weighted by molar-refractivity contribution is -0.384. The maximum Gasteiger partial charge on any atom is 0.307 e. The van der Waals surface area contributed by atoms with Crippen molar-refractivity contribution in [2.75, 3.05) is 0 Å². The van der Waals surface area contributed by atoms with Crippen molar-refractivity contribution in [1.29, 1.82) is 0 Å². The van der Waals surface area contributed by atoms with E-state index in [2.05, 4.69) is 41.1 Å². The van der Waals surface area contributed by atoms with Crippen LogP contribution in [0.1, 0.15) is 38.8 Å². The summed E-state index contributed by atoms with van der Waals surface area (Å²) in [5.74, 6) is 0.957. The first kappa shape index (κ1) is 27.9. The van der Waals surface area contributed by atoms with Crippen molar-refractivity contribution in [3.8, 4) is 17.2 Å². The van der Waals surface area contributed by atoms with E-state index in [1.165, 1.54) is 30.5 Å². The van der Waals surface area contributed by atoms with E-state index < -0.39 is 10.8 Å². The number of benzene rings is 3. The van der Waals surface area contributed by atoms with Gasteiger partial charge in [0.25, 0.3) is 5.69 Å². The lowest BCUT2D eigenvalue weighted by atomic mass is 10.2. The van der Waals surface area contributed by atoms with Crippen molar-refractivity contribution in [3.05, 3.63) is 141 Å². The minimum Gasteiger partial charge on any atom is -0.488 e. The van der Waals surface area contributed by atoms with E-state index in [-0.39, 0.29) is 24.7 Å². The van der Waals surface area contributed by atoms with Gasteiger partial charge in [-0.05, 0) is 74.0 Å². The second kappa shape index (κ2) is 12.7. The van der Waals surface area contributed by atoms with E-state index in [1.807, 2.05) is 54.6 Å². The molecule has 0 saturated carbocycles. The fourth-order valence-corrected chi connectivity index (χ4v) is 4.33. The van der Waals surface area contributed by atoms with E-state index in [4.69, 9.17) is 13.9 Å². The molecule has 0 aliphatic heterocycles. The smallest absolute Gasteiger partial charge is 0.307 e. The second-order valence-electron chi connectivity index (χ2n) is 9.45. The summed E-state index contributed by atoms with van der Waals surface area (Å²) in [6, 6.07) is 28.7. The highest BCUT2D eigenvalue weighted by Crippen LogP contribution is 2.24. The average molecular weight is 565 g/mol. The largest absolute Gasteiger partial charge is 0.488 e. The molecule has 1 N–H and O–H groups in total. The van der Waals surface area contributed by atoms with E-state index >= 15 is 0 Å². The summed E-state index contributed by atoms with van der Waals surface area (Å²) in [6.07, 6.45) is 1.29. The Labute approximate surface area is 242 Å². The predicted molar refractivity (Wildman–Crippen MR) is 157 cm³/mol. The van der Waals surface area contributed by atoms with Crippen LogP contribution in [0.3, 0.4) is 0 Å². The van der Waals surface area contributed by atoms with Crippen LogP contribution < -0.4 is 14.9 Å². The first-order valence-electron chi connectivity index (χ1n) is 13.1. The number of rotatable bonds is 11. The SMILES string of the molecule is Cc1ccc(C)n1-c1ccc(OCc2ccc(C(=O)N/N=C/c3cc([N+](=O)[O-])ccc3OCc3ccccc3)o2)cc1. The number of aromatic nitrogens is 1. The standard InChI is InChI=1S/C32H28N4O6/c1-22-8-9-23(2)35(22)26-10-13-28(14-11-26)40-21-29-15-17-31(42-29)32(37)34-33-19-25-18-27(36(38)39)12-16-30(25)41-20-24-6-4-3-5-7-24/h3-19H,20-21H2,1-2H3,(H,34,37)/b33-19+. The number of hydrogen-bond donors (Lipinski definition) is 1. The molecule has 0 unspecified atom stereocenters. The van der Waals surface area contributed by atoms with Crippen LogP contribution in [0.15, 0.2) is 107 Å². The highest BCUT2D eigenvalue weighted by molar-refractivity contribution is 5.93. The number of nitrogens with one attached hydrogen (secondary N) is 1. The van der Waals surface area contributed by atoms with Crippen LogP contribution in [0.4, 0.5) is 5.69 Å². The summed E-state index contributed by atoms with van der Waals surface area (Å²) in [5.41, 5.74) is 6.86. The zero-order valence-electron chi connectivity index (χ0n) is 23.0. The molecule has 0 aliphatic rings. The molecule has 0 bridgehead atoms. The quantitative estimate of drug-likeness (QED) is 0.111. The Morgan fingerprint density at radius 3 is 2.38 bits per heavy atom. The molecule has 2 aromatic heterocycles. The van der Waals surface area contributed by atoms with Crippen LogP contribution in [-0.2, 0) is 13.2 Å². The third kappa shape index (κ3) is 6.73. The number of nitro benzene ring substituents is 1. The van der Waals surface area contributed by atoms with E-state index in [0.717, 1.165) is 22.6 Å². The number of carbonyl (C=O) groups excluding carboxylic acids is 1. The maximum atomic E-state index is 12.6. The van der Waals surface area contributed by atoms with Crippen molar-refractivity contribution in [1.82, 2.24) is 9.99 Å². The number of amides is 1. The van der Waals surface area contributed by atoms with E-state index in [9.17, 15) is 14.9 Å². The second-order valence-corrected chi connectivity index (χ2v) is 9.45. The number of hydrazone groups is 1. The monoisotopic (exact) mass is 564 g/mol. The van der Waals surface area contributed by atoms with Crippen LogP contribution in [0.5, 0.6) is 11.5 Å². The van der Waals surface area contributed by atoms with Crippen LogP contribution in [0.2, 0.25) is 0 Å². The molecule has 42 heavy (non-hydrogen) atoms. The summed E-state index contributed by atoms with van der Waals surface area (Å²) >= 11 is 0. The number of non-ortho nitro benzene ring substituents is 1. The number of ether oxygens (including phenoxy) is 2. The number of hydrogen-bond acceptors (Lipinski definition) is 7. The summed E-state index contributed by atoms with van der Waals surface area (Å²) < 4.78 is 19.4. The fraction of sp³-hybridized carbons (Fsp3) is 0.125. The molecule has 0 fully saturated rings. The molecule has 1 amide bonds. The molecule has 0 atom stereocenters. The zero-order valence-corrected chi connectivity index (χ0v) is 23.0. The van der Waals surface area contributed by atoms with Gasteiger partial charge >= 0.3 is 5.91 Å². The lowest BCUT2D eigenvalue weighted by Crippen LogP contribution is -2.17. The Morgan fingerprint density at radius 1 is 0.929 bits per heavy atom. The van der Waals surface area contributed by atoms with Gasteiger partial charge in [0, 0.05) is 34.8 Å². The van der Waals surface area contributed by atoms with Gasteiger partial charge in [0.1, 0.15) is 30.5 Å². The molecular weight excluding hydrogens is 536 g/mol. The Balaban J connectivity index is 1.18. The van der Waals surface area contributed by atoms with Crippen molar-refractivity contribution in [2.24, 2.45) is 5.10 Å². The molecule has 0 spiro atoms. The maximum absolute atomic E-state index is 12.6. The van der Waals surface area contributed by atoms with Crippen LogP contribution in [0, 0.1) is 24.0 Å². The van der Waals surface area contributed by atoms with Crippen LogP contribution >= 0.6 is 0 Å². The van der Waals surface area contributed by atoms with Gasteiger partial charge in [-0.2, -0.15) is 5.10 Å². The summed E-state index contributed by atoms with van der Waals surface area (Å²) in [4.78, 5) is 23.4. The Morgan fingerprint density at radius 2 is 1.67 bits per heavy atom.